The van der Waals surface area contributed by atoms with Crippen molar-refractivity contribution >= 4 is 11.6 Å². The van der Waals surface area contributed by atoms with Crippen molar-refractivity contribution in [3.05, 3.63) is 71.0 Å². The number of nitriles is 1. The Balaban J connectivity index is 2.28. The predicted octanol–water partition coefficient (Wildman–Crippen LogP) is 5.09. The van der Waals surface area contributed by atoms with Gasteiger partial charge in [-0.3, -0.25) is 0 Å². The number of methoxy groups -OCH3 is 1. The molecule has 0 bridgehead atoms. The summed E-state index contributed by atoms with van der Waals surface area (Å²) in [6, 6.07) is 17.1. The van der Waals surface area contributed by atoms with Gasteiger partial charge in [0, 0.05) is 16.1 Å². The number of rotatable bonds is 3. The third kappa shape index (κ3) is 2.94. The van der Waals surface area contributed by atoms with E-state index in [0.717, 1.165) is 5.56 Å². The highest BCUT2D eigenvalue weighted by Gasteiger charge is 2.17. The van der Waals surface area contributed by atoms with Crippen LogP contribution < -0.4 is 4.74 Å². The summed E-state index contributed by atoms with van der Waals surface area (Å²) in [5.74, 6) is -0.140. The number of benzene rings is 2. The Morgan fingerprint density at radius 1 is 1.08 bits per heavy atom. The SMILES string of the molecule is COc1nc(-c2ccccc2Cl)cc(-c2ccc(F)cc2)c1C#N. The van der Waals surface area contributed by atoms with Crippen LogP contribution in [0.2, 0.25) is 5.02 Å². The highest BCUT2D eigenvalue weighted by Crippen LogP contribution is 2.35. The number of hydrogen-bond acceptors (Lipinski definition) is 3. The number of pyridine rings is 1. The fraction of sp³-hybridized carbons (Fsp3) is 0.0526. The first-order valence-electron chi connectivity index (χ1n) is 7.14. The summed E-state index contributed by atoms with van der Waals surface area (Å²) in [6.07, 6.45) is 0. The number of ether oxygens (including phenoxy) is 1. The van der Waals surface area contributed by atoms with Crippen LogP contribution in [0.3, 0.4) is 0 Å². The Morgan fingerprint density at radius 2 is 1.79 bits per heavy atom. The second-order valence-electron chi connectivity index (χ2n) is 5.04. The van der Waals surface area contributed by atoms with Gasteiger partial charge in [0.15, 0.2) is 0 Å². The fourth-order valence-corrected chi connectivity index (χ4v) is 2.67. The molecule has 0 radical (unpaired) electrons. The molecule has 0 aliphatic rings. The summed E-state index contributed by atoms with van der Waals surface area (Å²) in [7, 11) is 1.45. The maximum Gasteiger partial charge on any atom is 0.232 e. The molecule has 5 heteroatoms. The van der Waals surface area contributed by atoms with E-state index in [-0.39, 0.29) is 11.7 Å². The molecule has 0 aliphatic carbocycles. The lowest BCUT2D eigenvalue weighted by Crippen LogP contribution is -1.98. The van der Waals surface area contributed by atoms with Crippen LogP contribution in [0.25, 0.3) is 22.4 Å². The average Bonchev–Trinajstić information content (AvgIpc) is 2.61. The molecule has 0 fully saturated rings. The van der Waals surface area contributed by atoms with E-state index in [2.05, 4.69) is 11.1 Å². The van der Waals surface area contributed by atoms with Crippen molar-refractivity contribution < 1.29 is 9.13 Å². The van der Waals surface area contributed by atoms with E-state index in [0.29, 0.717) is 27.4 Å². The van der Waals surface area contributed by atoms with Crippen molar-refractivity contribution in [2.75, 3.05) is 7.11 Å². The van der Waals surface area contributed by atoms with Gasteiger partial charge in [-0.2, -0.15) is 5.26 Å². The van der Waals surface area contributed by atoms with Crippen LogP contribution in [-0.2, 0) is 0 Å². The van der Waals surface area contributed by atoms with E-state index in [4.69, 9.17) is 16.3 Å². The maximum absolute atomic E-state index is 13.2. The van der Waals surface area contributed by atoms with Crippen molar-refractivity contribution in [2.45, 2.75) is 0 Å². The van der Waals surface area contributed by atoms with Gasteiger partial charge in [-0.15, -0.1) is 0 Å². The van der Waals surface area contributed by atoms with Crippen LogP contribution in [0.5, 0.6) is 5.88 Å². The van der Waals surface area contributed by atoms with Gasteiger partial charge in [0.05, 0.1) is 12.8 Å². The van der Waals surface area contributed by atoms with Crippen LogP contribution in [0.15, 0.2) is 54.6 Å². The smallest absolute Gasteiger partial charge is 0.232 e. The first kappa shape index (κ1) is 16.0. The molecule has 3 aromatic rings. The molecular formula is C19H12ClFN2O. The summed E-state index contributed by atoms with van der Waals surface area (Å²) in [5, 5.41) is 10.0. The largest absolute Gasteiger partial charge is 0.480 e. The molecule has 0 atom stereocenters. The van der Waals surface area contributed by atoms with Crippen molar-refractivity contribution in [2.24, 2.45) is 0 Å². The molecule has 118 valence electrons. The molecule has 3 rings (SSSR count). The zero-order valence-electron chi connectivity index (χ0n) is 12.8. The van der Waals surface area contributed by atoms with E-state index < -0.39 is 0 Å². The molecule has 0 spiro atoms. The second-order valence-corrected chi connectivity index (χ2v) is 5.45. The van der Waals surface area contributed by atoms with Crippen molar-refractivity contribution in [3.63, 3.8) is 0 Å². The quantitative estimate of drug-likeness (QED) is 0.668. The number of halogens is 2. The molecular weight excluding hydrogens is 327 g/mol. The molecule has 0 saturated carbocycles. The Kier molecular flexibility index (Phi) is 4.45. The fourth-order valence-electron chi connectivity index (χ4n) is 2.44. The molecule has 0 saturated heterocycles. The first-order chi connectivity index (χ1) is 11.6. The molecule has 2 aromatic carbocycles. The molecule has 1 heterocycles. The zero-order valence-corrected chi connectivity index (χ0v) is 13.5. The minimum atomic E-state index is -0.343. The lowest BCUT2D eigenvalue weighted by molar-refractivity contribution is 0.397. The van der Waals surface area contributed by atoms with E-state index >= 15 is 0 Å². The second kappa shape index (κ2) is 6.69. The Hall–Kier alpha value is -2.90. The van der Waals surface area contributed by atoms with Gasteiger partial charge in [0.25, 0.3) is 0 Å². The molecule has 0 N–H and O–H groups in total. The van der Waals surface area contributed by atoms with Crippen LogP contribution >= 0.6 is 11.6 Å². The van der Waals surface area contributed by atoms with Gasteiger partial charge in [0.2, 0.25) is 5.88 Å². The maximum atomic E-state index is 13.2. The minimum Gasteiger partial charge on any atom is -0.480 e. The van der Waals surface area contributed by atoms with Crippen LogP contribution in [0, 0.1) is 17.1 Å². The number of hydrogen-bond donors (Lipinski definition) is 0. The first-order valence-corrected chi connectivity index (χ1v) is 7.52. The lowest BCUT2D eigenvalue weighted by atomic mass is 9.99. The highest BCUT2D eigenvalue weighted by molar-refractivity contribution is 6.33. The third-order valence-corrected chi connectivity index (χ3v) is 3.93. The molecule has 0 aliphatic heterocycles. The van der Waals surface area contributed by atoms with Crippen molar-refractivity contribution in [1.82, 2.24) is 4.98 Å². The Labute approximate surface area is 143 Å². The Bertz CT molecular complexity index is 933. The number of nitrogens with zero attached hydrogens (tertiary/aromatic N) is 2. The lowest BCUT2D eigenvalue weighted by Gasteiger charge is -2.12. The Morgan fingerprint density at radius 3 is 2.42 bits per heavy atom. The van der Waals surface area contributed by atoms with Gasteiger partial charge in [-0.05, 0) is 29.8 Å². The van der Waals surface area contributed by atoms with Gasteiger partial charge in [-0.1, -0.05) is 41.9 Å². The van der Waals surface area contributed by atoms with E-state index in [1.165, 1.54) is 19.2 Å². The molecule has 0 amide bonds. The van der Waals surface area contributed by atoms with E-state index in [1.807, 2.05) is 18.2 Å². The van der Waals surface area contributed by atoms with Gasteiger partial charge in [0.1, 0.15) is 17.4 Å². The summed E-state index contributed by atoms with van der Waals surface area (Å²) in [5.41, 5.74) is 2.90. The average molecular weight is 339 g/mol. The summed E-state index contributed by atoms with van der Waals surface area (Å²) in [6.45, 7) is 0. The topological polar surface area (TPSA) is 45.9 Å². The van der Waals surface area contributed by atoms with Crippen molar-refractivity contribution in [3.8, 4) is 34.3 Å². The van der Waals surface area contributed by atoms with E-state index in [1.54, 1.807) is 24.3 Å². The molecule has 24 heavy (non-hydrogen) atoms. The predicted molar refractivity (Wildman–Crippen MR) is 91.3 cm³/mol. The van der Waals surface area contributed by atoms with Crippen molar-refractivity contribution in [1.29, 1.82) is 5.26 Å². The van der Waals surface area contributed by atoms with Crippen LogP contribution in [0.1, 0.15) is 5.56 Å². The standard InChI is InChI=1S/C19H12ClFN2O/c1-24-19-16(11-22)15(12-6-8-13(21)9-7-12)10-18(23-19)14-4-2-3-5-17(14)20/h2-10H,1H3. The zero-order chi connectivity index (χ0) is 17.1. The summed E-state index contributed by atoms with van der Waals surface area (Å²) >= 11 is 6.25. The normalized spacial score (nSPS) is 10.2. The third-order valence-electron chi connectivity index (χ3n) is 3.60. The molecule has 3 nitrogen and oxygen atoms in total. The van der Waals surface area contributed by atoms with Gasteiger partial charge < -0.3 is 4.74 Å². The number of aromatic nitrogens is 1. The monoisotopic (exact) mass is 338 g/mol. The summed E-state index contributed by atoms with van der Waals surface area (Å²) < 4.78 is 18.5. The van der Waals surface area contributed by atoms with E-state index in [9.17, 15) is 9.65 Å². The summed E-state index contributed by atoms with van der Waals surface area (Å²) in [4.78, 5) is 4.39. The minimum absolute atomic E-state index is 0.203. The van der Waals surface area contributed by atoms with Crippen LogP contribution in [-0.4, -0.2) is 12.1 Å². The highest BCUT2D eigenvalue weighted by atomic mass is 35.5. The van der Waals surface area contributed by atoms with Crippen LogP contribution in [0.4, 0.5) is 4.39 Å². The van der Waals surface area contributed by atoms with Gasteiger partial charge in [-0.25, -0.2) is 9.37 Å². The molecule has 1 aromatic heterocycles. The van der Waals surface area contributed by atoms with Gasteiger partial charge >= 0.3 is 0 Å². The molecule has 0 unspecified atom stereocenters.